The summed E-state index contributed by atoms with van der Waals surface area (Å²) in [6.45, 7) is 1.61. The second-order valence-corrected chi connectivity index (χ2v) is 7.42. The lowest BCUT2D eigenvalue weighted by molar-refractivity contribution is -0.145. The minimum absolute atomic E-state index is 0.111. The summed E-state index contributed by atoms with van der Waals surface area (Å²) < 4.78 is 5.29. The van der Waals surface area contributed by atoms with Gasteiger partial charge in [0.1, 0.15) is 6.61 Å². The van der Waals surface area contributed by atoms with Crippen LogP contribution < -0.4 is 4.90 Å². The summed E-state index contributed by atoms with van der Waals surface area (Å²) in [4.78, 5) is 31.1. The summed E-state index contributed by atoms with van der Waals surface area (Å²) in [6.07, 6.45) is 1.03. The van der Waals surface area contributed by atoms with Gasteiger partial charge in [-0.3, -0.25) is 14.5 Å². The Morgan fingerprint density at radius 2 is 1.92 bits per heavy atom. The molecule has 2 aromatic heterocycles. The summed E-state index contributed by atoms with van der Waals surface area (Å²) in [5, 5.41) is 4.36. The predicted octanol–water partition coefficient (Wildman–Crippen LogP) is 4.57. The molecule has 0 fully saturated rings. The van der Waals surface area contributed by atoms with Crippen LogP contribution >= 0.6 is 22.7 Å². The van der Waals surface area contributed by atoms with E-state index in [9.17, 15) is 9.59 Å². The van der Waals surface area contributed by atoms with Crippen molar-refractivity contribution < 1.29 is 14.3 Å². The van der Waals surface area contributed by atoms with E-state index in [1.165, 1.54) is 18.3 Å². The van der Waals surface area contributed by atoms with Crippen LogP contribution in [0.3, 0.4) is 0 Å². The predicted molar refractivity (Wildman–Crippen MR) is 104 cm³/mol. The van der Waals surface area contributed by atoms with Crippen molar-refractivity contribution in [1.82, 2.24) is 4.98 Å². The molecule has 0 saturated carbocycles. The largest absolute Gasteiger partial charge is 0.459 e. The van der Waals surface area contributed by atoms with Crippen LogP contribution in [0.4, 0.5) is 10.8 Å². The van der Waals surface area contributed by atoms with E-state index in [2.05, 4.69) is 4.98 Å². The summed E-state index contributed by atoms with van der Waals surface area (Å²) in [6, 6.07) is 13.3. The number of thiophene rings is 1. The number of benzene rings is 1. The topological polar surface area (TPSA) is 59.5 Å². The number of hydrogen-bond donors (Lipinski definition) is 0. The van der Waals surface area contributed by atoms with Crippen LogP contribution in [0, 0.1) is 0 Å². The molecule has 3 rings (SSSR count). The van der Waals surface area contributed by atoms with Crippen LogP contribution in [0.2, 0.25) is 0 Å². The molecule has 2 heterocycles. The van der Waals surface area contributed by atoms with Crippen molar-refractivity contribution in [2.75, 3.05) is 4.90 Å². The van der Waals surface area contributed by atoms with Crippen molar-refractivity contribution >= 4 is 45.4 Å². The Kier molecular flexibility index (Phi) is 6.14. The number of esters is 1. The number of para-hydroxylation sites is 1. The van der Waals surface area contributed by atoms with E-state index < -0.39 is 0 Å². The highest BCUT2D eigenvalue weighted by Gasteiger charge is 2.18. The number of aromatic nitrogens is 1. The maximum atomic E-state index is 12.0. The van der Waals surface area contributed by atoms with E-state index in [-0.39, 0.29) is 18.5 Å². The van der Waals surface area contributed by atoms with Gasteiger partial charge in [-0.15, -0.1) is 22.7 Å². The highest BCUT2D eigenvalue weighted by molar-refractivity contribution is 7.14. The van der Waals surface area contributed by atoms with Crippen molar-refractivity contribution in [3.05, 3.63) is 63.8 Å². The van der Waals surface area contributed by atoms with Gasteiger partial charge in [0.25, 0.3) is 0 Å². The Morgan fingerprint density at radius 1 is 1.12 bits per heavy atom. The molecule has 0 bridgehead atoms. The first-order valence-electron chi connectivity index (χ1n) is 8.11. The van der Waals surface area contributed by atoms with E-state index in [1.807, 2.05) is 47.8 Å². The number of anilines is 2. The number of carbonyl (C=O) groups excluding carboxylic acids is 2. The molecule has 0 N–H and O–H groups in total. The summed E-state index contributed by atoms with van der Waals surface area (Å²) in [5.41, 5.74) is 1.39. The quantitative estimate of drug-likeness (QED) is 0.558. The van der Waals surface area contributed by atoms with Crippen LogP contribution in [0.1, 0.15) is 23.9 Å². The van der Waals surface area contributed by atoms with Gasteiger partial charge in [-0.05, 0) is 30.0 Å². The summed E-state index contributed by atoms with van der Waals surface area (Å²) in [5.74, 6) is -0.371. The zero-order chi connectivity index (χ0) is 18.4. The van der Waals surface area contributed by atoms with E-state index in [4.69, 9.17) is 4.74 Å². The molecule has 0 saturated heterocycles. The average molecular weight is 386 g/mol. The van der Waals surface area contributed by atoms with E-state index in [0.29, 0.717) is 23.7 Å². The molecule has 0 aliphatic heterocycles. The molecule has 5 nitrogen and oxygen atoms in total. The minimum atomic E-state index is -0.251. The molecule has 0 atom stereocenters. The molecule has 7 heteroatoms. The number of thiazole rings is 1. The maximum absolute atomic E-state index is 12.0. The first-order chi connectivity index (χ1) is 12.6. The maximum Gasteiger partial charge on any atom is 0.306 e. The van der Waals surface area contributed by atoms with Gasteiger partial charge in [-0.1, -0.05) is 24.3 Å². The van der Waals surface area contributed by atoms with Gasteiger partial charge in [-0.2, -0.15) is 0 Å². The van der Waals surface area contributed by atoms with Crippen LogP contribution in [0.15, 0.2) is 53.2 Å². The standard InChI is InChI=1S/C19H18N2O3S2/c1-14(22)21(16-6-3-2-4-7-16)19-20-15(13-26-19)12-24-18(23)10-9-17-8-5-11-25-17/h2-8,11,13H,9-10,12H2,1H3. The van der Waals surface area contributed by atoms with Crippen LogP contribution in [-0.2, 0) is 27.4 Å². The van der Waals surface area contributed by atoms with Gasteiger partial charge in [0.05, 0.1) is 17.8 Å². The van der Waals surface area contributed by atoms with Crippen molar-refractivity contribution in [3.63, 3.8) is 0 Å². The fraction of sp³-hybridized carbons (Fsp3) is 0.211. The average Bonchev–Trinajstić information content (AvgIpc) is 3.31. The van der Waals surface area contributed by atoms with Crippen molar-refractivity contribution in [2.45, 2.75) is 26.4 Å². The second-order valence-electron chi connectivity index (χ2n) is 5.55. The first-order valence-corrected chi connectivity index (χ1v) is 9.87. The normalized spacial score (nSPS) is 10.5. The van der Waals surface area contributed by atoms with Gasteiger partial charge < -0.3 is 4.74 Å². The number of hydrogen-bond acceptors (Lipinski definition) is 6. The van der Waals surface area contributed by atoms with Crippen molar-refractivity contribution in [2.24, 2.45) is 0 Å². The number of carbonyl (C=O) groups is 2. The number of amides is 1. The Bertz CT molecular complexity index is 860. The highest BCUT2D eigenvalue weighted by atomic mass is 32.1. The van der Waals surface area contributed by atoms with E-state index in [1.54, 1.807) is 21.6 Å². The number of aryl methyl sites for hydroxylation is 1. The molecule has 1 amide bonds. The zero-order valence-electron chi connectivity index (χ0n) is 14.3. The number of rotatable bonds is 7. The van der Waals surface area contributed by atoms with Crippen LogP contribution in [0.25, 0.3) is 0 Å². The number of ether oxygens (including phenoxy) is 1. The molecule has 0 aliphatic carbocycles. The van der Waals surface area contributed by atoms with Gasteiger partial charge in [-0.25, -0.2) is 4.98 Å². The Hall–Kier alpha value is -2.51. The fourth-order valence-corrected chi connectivity index (χ4v) is 3.96. The SMILES string of the molecule is CC(=O)N(c1ccccc1)c1nc(COC(=O)CCc2cccs2)cs1. The highest BCUT2D eigenvalue weighted by Crippen LogP contribution is 2.28. The minimum Gasteiger partial charge on any atom is -0.459 e. The molecule has 26 heavy (non-hydrogen) atoms. The van der Waals surface area contributed by atoms with Gasteiger partial charge in [0.15, 0.2) is 5.13 Å². The van der Waals surface area contributed by atoms with Crippen molar-refractivity contribution in [3.8, 4) is 0 Å². The third kappa shape index (κ3) is 4.77. The first kappa shape index (κ1) is 18.3. The zero-order valence-corrected chi connectivity index (χ0v) is 15.9. The third-order valence-corrected chi connectivity index (χ3v) is 5.41. The van der Waals surface area contributed by atoms with Gasteiger partial charge in [0, 0.05) is 17.2 Å². The van der Waals surface area contributed by atoms with E-state index in [0.717, 1.165) is 10.6 Å². The second kappa shape index (κ2) is 8.73. The molecule has 0 radical (unpaired) electrons. The smallest absolute Gasteiger partial charge is 0.306 e. The molecule has 0 unspecified atom stereocenters. The molecule has 0 spiro atoms. The molecule has 134 valence electrons. The Labute approximate surface area is 159 Å². The molecular formula is C19H18N2O3S2. The van der Waals surface area contributed by atoms with Gasteiger partial charge in [0.2, 0.25) is 5.91 Å². The van der Waals surface area contributed by atoms with E-state index >= 15 is 0 Å². The Morgan fingerprint density at radius 3 is 2.62 bits per heavy atom. The summed E-state index contributed by atoms with van der Waals surface area (Å²) in [7, 11) is 0. The summed E-state index contributed by atoms with van der Waals surface area (Å²) >= 11 is 2.98. The molecule has 0 aliphatic rings. The number of nitrogens with zero attached hydrogens (tertiary/aromatic N) is 2. The lowest BCUT2D eigenvalue weighted by atomic mass is 10.3. The Balaban J connectivity index is 1.58. The molecule has 3 aromatic rings. The monoisotopic (exact) mass is 386 g/mol. The van der Waals surface area contributed by atoms with Gasteiger partial charge >= 0.3 is 5.97 Å². The lowest BCUT2D eigenvalue weighted by Crippen LogP contribution is -2.22. The molecule has 1 aromatic carbocycles. The van der Waals surface area contributed by atoms with Crippen LogP contribution in [0.5, 0.6) is 0 Å². The lowest BCUT2D eigenvalue weighted by Gasteiger charge is -2.17. The van der Waals surface area contributed by atoms with Crippen molar-refractivity contribution in [1.29, 1.82) is 0 Å². The van der Waals surface area contributed by atoms with Crippen LogP contribution in [-0.4, -0.2) is 16.9 Å². The third-order valence-electron chi connectivity index (χ3n) is 3.60. The molecular weight excluding hydrogens is 368 g/mol. The fourth-order valence-electron chi connectivity index (χ4n) is 2.38.